The highest BCUT2D eigenvalue weighted by molar-refractivity contribution is 5.42. The van der Waals surface area contributed by atoms with Crippen molar-refractivity contribution in [2.24, 2.45) is 0 Å². The molecule has 110 valence electrons. The van der Waals surface area contributed by atoms with Crippen molar-refractivity contribution < 1.29 is 0 Å². The van der Waals surface area contributed by atoms with Gasteiger partial charge in [0, 0.05) is 44.5 Å². The van der Waals surface area contributed by atoms with E-state index >= 15 is 0 Å². The van der Waals surface area contributed by atoms with Gasteiger partial charge in [-0.1, -0.05) is 12.5 Å². The van der Waals surface area contributed by atoms with E-state index in [0.717, 1.165) is 18.4 Å². The maximum atomic E-state index is 4.40. The van der Waals surface area contributed by atoms with E-state index in [9.17, 15) is 0 Å². The lowest BCUT2D eigenvalue weighted by Crippen LogP contribution is -2.40. The molecule has 0 radical (unpaired) electrons. The standard InChI is InChI=1S/C16H26N4/c1-17-16-14(6-5-8-18-16)12-19-11-7-15(13-19)20-9-3-2-4-10-20/h5-6,8,15H,2-4,7,9-13H2,1H3,(H,17,18). The molecule has 1 atom stereocenters. The Bertz CT molecular complexity index is 428. The average Bonchev–Trinajstić information content (AvgIpc) is 2.97. The third kappa shape index (κ3) is 3.13. The van der Waals surface area contributed by atoms with Crippen LogP contribution < -0.4 is 5.32 Å². The van der Waals surface area contributed by atoms with Crippen LogP contribution in [0.4, 0.5) is 5.82 Å². The van der Waals surface area contributed by atoms with Crippen LogP contribution in [-0.4, -0.2) is 54.1 Å². The number of nitrogens with zero attached hydrogens (tertiary/aromatic N) is 3. The fourth-order valence-electron chi connectivity index (χ4n) is 3.57. The van der Waals surface area contributed by atoms with Crippen molar-refractivity contribution in [3.8, 4) is 0 Å². The van der Waals surface area contributed by atoms with E-state index in [1.54, 1.807) is 0 Å². The summed E-state index contributed by atoms with van der Waals surface area (Å²) in [6.07, 6.45) is 7.39. The van der Waals surface area contributed by atoms with Gasteiger partial charge in [-0.25, -0.2) is 4.98 Å². The zero-order valence-corrected chi connectivity index (χ0v) is 12.5. The predicted octanol–water partition coefficient (Wildman–Crippen LogP) is 2.18. The van der Waals surface area contributed by atoms with Crippen molar-refractivity contribution in [2.75, 3.05) is 38.5 Å². The largest absolute Gasteiger partial charge is 0.373 e. The number of hydrogen-bond donors (Lipinski definition) is 1. The molecular weight excluding hydrogens is 248 g/mol. The zero-order valence-electron chi connectivity index (χ0n) is 12.5. The van der Waals surface area contributed by atoms with Crippen LogP contribution in [-0.2, 0) is 6.54 Å². The fourth-order valence-corrected chi connectivity index (χ4v) is 3.57. The highest BCUT2D eigenvalue weighted by Gasteiger charge is 2.28. The number of hydrogen-bond acceptors (Lipinski definition) is 4. The molecule has 2 fully saturated rings. The number of likely N-dealkylation sites (tertiary alicyclic amines) is 2. The Morgan fingerprint density at radius 3 is 2.90 bits per heavy atom. The number of rotatable bonds is 4. The molecule has 0 saturated carbocycles. The molecule has 20 heavy (non-hydrogen) atoms. The Hall–Kier alpha value is -1.13. The molecule has 4 nitrogen and oxygen atoms in total. The smallest absolute Gasteiger partial charge is 0.130 e. The molecule has 1 unspecified atom stereocenters. The molecule has 3 rings (SSSR count). The summed E-state index contributed by atoms with van der Waals surface area (Å²) in [5, 5.41) is 3.20. The molecule has 2 saturated heterocycles. The van der Waals surface area contributed by atoms with Crippen LogP contribution in [0.25, 0.3) is 0 Å². The zero-order chi connectivity index (χ0) is 13.8. The number of aromatic nitrogens is 1. The first-order chi connectivity index (χ1) is 9.86. The third-order valence-corrected chi connectivity index (χ3v) is 4.68. The van der Waals surface area contributed by atoms with Crippen molar-refractivity contribution in [1.29, 1.82) is 0 Å². The summed E-state index contributed by atoms with van der Waals surface area (Å²) in [6.45, 7) is 6.09. The van der Waals surface area contributed by atoms with Gasteiger partial charge in [0.1, 0.15) is 5.82 Å². The highest BCUT2D eigenvalue weighted by Crippen LogP contribution is 2.22. The number of piperidine rings is 1. The van der Waals surface area contributed by atoms with Gasteiger partial charge in [-0.2, -0.15) is 0 Å². The molecule has 1 N–H and O–H groups in total. The molecule has 2 aliphatic rings. The van der Waals surface area contributed by atoms with E-state index in [4.69, 9.17) is 0 Å². The van der Waals surface area contributed by atoms with Gasteiger partial charge in [0.05, 0.1) is 0 Å². The first-order valence-corrected chi connectivity index (χ1v) is 7.95. The van der Waals surface area contributed by atoms with Gasteiger partial charge in [-0.15, -0.1) is 0 Å². The van der Waals surface area contributed by atoms with Crippen molar-refractivity contribution in [1.82, 2.24) is 14.8 Å². The molecular formula is C16H26N4. The summed E-state index contributed by atoms with van der Waals surface area (Å²) < 4.78 is 0. The van der Waals surface area contributed by atoms with Crippen molar-refractivity contribution in [2.45, 2.75) is 38.3 Å². The van der Waals surface area contributed by atoms with Crippen LogP contribution >= 0.6 is 0 Å². The lowest BCUT2D eigenvalue weighted by Gasteiger charge is -2.32. The van der Waals surface area contributed by atoms with E-state index in [0.29, 0.717) is 0 Å². The van der Waals surface area contributed by atoms with E-state index in [-0.39, 0.29) is 0 Å². The van der Waals surface area contributed by atoms with Gasteiger partial charge in [0.2, 0.25) is 0 Å². The third-order valence-electron chi connectivity index (χ3n) is 4.68. The highest BCUT2D eigenvalue weighted by atomic mass is 15.3. The summed E-state index contributed by atoms with van der Waals surface area (Å²) in [7, 11) is 1.95. The minimum Gasteiger partial charge on any atom is -0.373 e. The Morgan fingerprint density at radius 2 is 2.10 bits per heavy atom. The average molecular weight is 274 g/mol. The van der Waals surface area contributed by atoms with E-state index in [1.807, 2.05) is 19.3 Å². The van der Waals surface area contributed by atoms with Crippen LogP contribution in [0, 0.1) is 0 Å². The lowest BCUT2D eigenvalue weighted by atomic mass is 10.1. The second-order valence-corrected chi connectivity index (χ2v) is 6.04. The molecule has 1 aromatic rings. The molecule has 2 aliphatic heterocycles. The van der Waals surface area contributed by atoms with Crippen LogP contribution in [0.15, 0.2) is 18.3 Å². The second kappa shape index (κ2) is 6.55. The quantitative estimate of drug-likeness (QED) is 0.912. The first-order valence-electron chi connectivity index (χ1n) is 7.95. The Kier molecular flexibility index (Phi) is 4.53. The number of anilines is 1. The van der Waals surface area contributed by atoms with Crippen molar-refractivity contribution in [3.05, 3.63) is 23.9 Å². The van der Waals surface area contributed by atoms with Gasteiger partial charge >= 0.3 is 0 Å². The van der Waals surface area contributed by atoms with Crippen molar-refractivity contribution >= 4 is 5.82 Å². The summed E-state index contributed by atoms with van der Waals surface area (Å²) in [5.74, 6) is 1.02. The predicted molar refractivity (Wildman–Crippen MR) is 82.9 cm³/mol. The fraction of sp³-hybridized carbons (Fsp3) is 0.688. The topological polar surface area (TPSA) is 31.4 Å². The van der Waals surface area contributed by atoms with Crippen molar-refractivity contribution in [3.63, 3.8) is 0 Å². The SMILES string of the molecule is CNc1ncccc1CN1CCC(N2CCCCC2)C1. The van der Waals surface area contributed by atoms with Gasteiger partial charge in [0.15, 0.2) is 0 Å². The molecule has 0 amide bonds. The molecule has 1 aromatic heterocycles. The van der Waals surface area contributed by atoms with Gasteiger partial charge < -0.3 is 5.32 Å². The van der Waals surface area contributed by atoms with Gasteiger partial charge in [-0.05, 0) is 38.4 Å². The van der Waals surface area contributed by atoms with E-state index in [1.165, 1.54) is 57.4 Å². The molecule has 0 spiro atoms. The maximum Gasteiger partial charge on any atom is 0.130 e. The van der Waals surface area contributed by atoms with E-state index in [2.05, 4.69) is 26.2 Å². The number of pyridine rings is 1. The second-order valence-electron chi connectivity index (χ2n) is 6.04. The normalized spacial score (nSPS) is 24.9. The summed E-state index contributed by atoms with van der Waals surface area (Å²) in [4.78, 5) is 9.69. The number of nitrogens with one attached hydrogen (secondary N) is 1. The molecule has 4 heteroatoms. The molecule has 0 bridgehead atoms. The Morgan fingerprint density at radius 1 is 1.25 bits per heavy atom. The van der Waals surface area contributed by atoms with Crippen LogP contribution in [0.3, 0.4) is 0 Å². The monoisotopic (exact) mass is 274 g/mol. The minimum absolute atomic E-state index is 0.782. The van der Waals surface area contributed by atoms with Crippen LogP contribution in [0.5, 0.6) is 0 Å². The summed E-state index contributed by atoms with van der Waals surface area (Å²) >= 11 is 0. The van der Waals surface area contributed by atoms with Crippen LogP contribution in [0.1, 0.15) is 31.2 Å². The molecule has 3 heterocycles. The molecule has 0 aromatic carbocycles. The summed E-state index contributed by atoms with van der Waals surface area (Å²) in [5.41, 5.74) is 1.31. The Labute approximate surface area is 122 Å². The Balaban J connectivity index is 1.57. The molecule has 0 aliphatic carbocycles. The van der Waals surface area contributed by atoms with E-state index < -0.39 is 0 Å². The first kappa shape index (κ1) is 13.8. The minimum atomic E-state index is 0.782. The van der Waals surface area contributed by atoms with Crippen LogP contribution in [0.2, 0.25) is 0 Å². The van der Waals surface area contributed by atoms with Gasteiger partial charge in [0.25, 0.3) is 0 Å². The lowest BCUT2D eigenvalue weighted by molar-refractivity contribution is 0.161. The maximum absolute atomic E-state index is 4.40. The van der Waals surface area contributed by atoms with Gasteiger partial charge in [-0.3, -0.25) is 9.80 Å². The summed E-state index contributed by atoms with van der Waals surface area (Å²) in [6, 6.07) is 5.01.